The summed E-state index contributed by atoms with van der Waals surface area (Å²) in [6, 6.07) is 8.09. The predicted octanol–water partition coefficient (Wildman–Crippen LogP) is 2.96. The fourth-order valence-corrected chi connectivity index (χ4v) is 2.69. The van der Waals surface area contributed by atoms with E-state index >= 15 is 0 Å². The van der Waals surface area contributed by atoms with Gasteiger partial charge in [0.05, 0.1) is 12.5 Å². The Morgan fingerprint density at radius 1 is 1.33 bits per heavy atom. The molecule has 1 heterocycles. The lowest BCUT2D eigenvalue weighted by Crippen LogP contribution is -2.40. The Labute approximate surface area is 116 Å². The maximum absolute atomic E-state index is 12.1. The van der Waals surface area contributed by atoms with Crippen molar-refractivity contribution in [2.24, 2.45) is 5.41 Å². The second-order valence-electron chi connectivity index (χ2n) is 4.69. The minimum absolute atomic E-state index is 0.117. The van der Waals surface area contributed by atoms with Gasteiger partial charge in [-0.3, -0.25) is 4.79 Å². The monoisotopic (exact) mass is 312 g/mol. The zero-order valence-corrected chi connectivity index (χ0v) is 12.0. The molecule has 1 saturated heterocycles. The number of benzene rings is 1. The van der Waals surface area contributed by atoms with Crippen molar-refractivity contribution < 1.29 is 14.3 Å². The molecule has 0 aromatic heterocycles. The summed E-state index contributed by atoms with van der Waals surface area (Å²) in [4.78, 5) is 12.1. The second kappa shape index (κ2) is 5.85. The van der Waals surface area contributed by atoms with Crippen LogP contribution in [-0.4, -0.2) is 26.3 Å². The molecule has 2 rings (SSSR count). The minimum Gasteiger partial charge on any atom is -0.469 e. The molecule has 98 valence electrons. The molecule has 0 unspecified atom stereocenters. The molecule has 1 aromatic rings. The standard InChI is InChI=1S/C14H17BrO3/c1-17-13(16)14(6-8-18-9-7-14)10-11-2-4-12(15)5-3-11/h2-5H,6-10H2,1H3. The number of rotatable bonds is 3. The average molecular weight is 313 g/mol. The number of methoxy groups -OCH3 is 1. The number of halogens is 1. The molecule has 1 aliphatic heterocycles. The fourth-order valence-electron chi connectivity index (χ4n) is 2.42. The van der Waals surface area contributed by atoms with Gasteiger partial charge in [-0.05, 0) is 37.0 Å². The van der Waals surface area contributed by atoms with Crippen molar-refractivity contribution >= 4 is 21.9 Å². The van der Waals surface area contributed by atoms with Crippen LogP contribution in [0.5, 0.6) is 0 Å². The van der Waals surface area contributed by atoms with Crippen LogP contribution in [0.25, 0.3) is 0 Å². The number of carbonyl (C=O) groups excluding carboxylic acids is 1. The van der Waals surface area contributed by atoms with E-state index in [4.69, 9.17) is 9.47 Å². The second-order valence-corrected chi connectivity index (χ2v) is 5.60. The number of hydrogen-bond acceptors (Lipinski definition) is 3. The Balaban J connectivity index is 2.19. The van der Waals surface area contributed by atoms with Gasteiger partial charge in [0, 0.05) is 17.7 Å². The Morgan fingerprint density at radius 2 is 1.94 bits per heavy atom. The molecule has 0 atom stereocenters. The Morgan fingerprint density at radius 3 is 2.50 bits per heavy atom. The van der Waals surface area contributed by atoms with Crippen molar-refractivity contribution in [3.63, 3.8) is 0 Å². The lowest BCUT2D eigenvalue weighted by atomic mass is 9.75. The van der Waals surface area contributed by atoms with Crippen molar-refractivity contribution in [1.82, 2.24) is 0 Å². The summed E-state index contributed by atoms with van der Waals surface area (Å²) in [6.45, 7) is 1.26. The Hall–Kier alpha value is -0.870. The molecule has 0 aliphatic carbocycles. The molecule has 0 N–H and O–H groups in total. The first-order valence-corrected chi connectivity index (χ1v) is 6.86. The van der Waals surface area contributed by atoms with Crippen LogP contribution in [0.4, 0.5) is 0 Å². The Kier molecular flexibility index (Phi) is 4.40. The summed E-state index contributed by atoms with van der Waals surface area (Å²) in [5, 5.41) is 0. The number of carbonyl (C=O) groups is 1. The molecular formula is C14H17BrO3. The highest BCUT2D eigenvalue weighted by molar-refractivity contribution is 9.10. The molecule has 1 aromatic carbocycles. The molecule has 0 spiro atoms. The zero-order chi connectivity index (χ0) is 13.0. The molecule has 1 aliphatic rings. The third-order valence-electron chi connectivity index (χ3n) is 3.52. The molecule has 3 nitrogen and oxygen atoms in total. The summed E-state index contributed by atoms with van der Waals surface area (Å²) in [7, 11) is 1.46. The van der Waals surface area contributed by atoms with E-state index in [2.05, 4.69) is 15.9 Å². The van der Waals surface area contributed by atoms with Crippen LogP contribution < -0.4 is 0 Å². The molecule has 0 amide bonds. The van der Waals surface area contributed by atoms with Crippen molar-refractivity contribution in [2.45, 2.75) is 19.3 Å². The first-order valence-electron chi connectivity index (χ1n) is 6.07. The molecule has 0 radical (unpaired) electrons. The Bertz CT molecular complexity index is 408. The molecule has 18 heavy (non-hydrogen) atoms. The highest BCUT2D eigenvalue weighted by Gasteiger charge is 2.41. The third-order valence-corrected chi connectivity index (χ3v) is 4.05. The molecule has 1 fully saturated rings. The van der Waals surface area contributed by atoms with Crippen LogP contribution >= 0.6 is 15.9 Å². The lowest BCUT2D eigenvalue weighted by molar-refractivity contribution is -0.158. The van der Waals surface area contributed by atoms with Gasteiger partial charge in [-0.2, -0.15) is 0 Å². The van der Waals surface area contributed by atoms with Gasteiger partial charge >= 0.3 is 5.97 Å². The van der Waals surface area contributed by atoms with E-state index in [1.165, 1.54) is 7.11 Å². The van der Waals surface area contributed by atoms with E-state index in [0.717, 1.165) is 29.3 Å². The van der Waals surface area contributed by atoms with Gasteiger partial charge in [-0.1, -0.05) is 28.1 Å². The van der Waals surface area contributed by atoms with Gasteiger partial charge in [-0.15, -0.1) is 0 Å². The maximum atomic E-state index is 12.1. The predicted molar refractivity (Wildman–Crippen MR) is 72.3 cm³/mol. The molecule has 4 heteroatoms. The third kappa shape index (κ3) is 2.93. The zero-order valence-electron chi connectivity index (χ0n) is 10.4. The van der Waals surface area contributed by atoms with E-state index < -0.39 is 5.41 Å². The van der Waals surface area contributed by atoms with E-state index in [1.807, 2.05) is 24.3 Å². The number of ether oxygens (including phenoxy) is 2. The lowest BCUT2D eigenvalue weighted by Gasteiger charge is -2.34. The van der Waals surface area contributed by atoms with Gasteiger partial charge in [-0.25, -0.2) is 0 Å². The largest absolute Gasteiger partial charge is 0.469 e. The first-order chi connectivity index (χ1) is 8.66. The highest BCUT2D eigenvalue weighted by atomic mass is 79.9. The summed E-state index contributed by atoms with van der Waals surface area (Å²) in [5.41, 5.74) is 0.742. The van der Waals surface area contributed by atoms with Crippen LogP contribution in [0, 0.1) is 5.41 Å². The van der Waals surface area contributed by atoms with Gasteiger partial charge in [0.2, 0.25) is 0 Å². The maximum Gasteiger partial charge on any atom is 0.312 e. The van der Waals surface area contributed by atoms with Crippen LogP contribution in [-0.2, 0) is 20.7 Å². The van der Waals surface area contributed by atoms with Crippen LogP contribution in [0.2, 0.25) is 0 Å². The van der Waals surface area contributed by atoms with E-state index in [9.17, 15) is 4.79 Å². The van der Waals surface area contributed by atoms with Crippen LogP contribution in [0.3, 0.4) is 0 Å². The van der Waals surface area contributed by atoms with E-state index in [1.54, 1.807) is 0 Å². The minimum atomic E-state index is -0.416. The van der Waals surface area contributed by atoms with Crippen molar-refractivity contribution in [1.29, 1.82) is 0 Å². The smallest absolute Gasteiger partial charge is 0.312 e. The summed E-state index contributed by atoms with van der Waals surface area (Å²) in [5.74, 6) is -0.117. The summed E-state index contributed by atoms with van der Waals surface area (Å²) >= 11 is 3.42. The number of hydrogen-bond donors (Lipinski definition) is 0. The summed E-state index contributed by atoms with van der Waals surface area (Å²) in [6.07, 6.45) is 2.18. The van der Waals surface area contributed by atoms with E-state index in [-0.39, 0.29) is 5.97 Å². The van der Waals surface area contributed by atoms with Crippen molar-refractivity contribution in [3.05, 3.63) is 34.3 Å². The fraction of sp³-hybridized carbons (Fsp3) is 0.500. The highest BCUT2D eigenvalue weighted by Crippen LogP contribution is 2.35. The first kappa shape index (κ1) is 13.6. The van der Waals surface area contributed by atoms with Crippen LogP contribution in [0.1, 0.15) is 18.4 Å². The van der Waals surface area contributed by atoms with Crippen molar-refractivity contribution in [3.8, 4) is 0 Å². The average Bonchev–Trinajstić information content (AvgIpc) is 2.41. The van der Waals surface area contributed by atoms with Gasteiger partial charge in [0.1, 0.15) is 0 Å². The van der Waals surface area contributed by atoms with Gasteiger partial charge in [0.15, 0.2) is 0 Å². The SMILES string of the molecule is COC(=O)C1(Cc2ccc(Br)cc2)CCOCC1. The summed E-state index contributed by atoms with van der Waals surface area (Å²) < 4.78 is 11.4. The number of esters is 1. The quantitative estimate of drug-likeness (QED) is 0.805. The molecule has 0 saturated carbocycles. The van der Waals surface area contributed by atoms with Crippen molar-refractivity contribution in [2.75, 3.05) is 20.3 Å². The van der Waals surface area contributed by atoms with Crippen LogP contribution in [0.15, 0.2) is 28.7 Å². The topological polar surface area (TPSA) is 35.5 Å². The normalized spacial score (nSPS) is 18.3. The molecular weight excluding hydrogens is 296 g/mol. The van der Waals surface area contributed by atoms with E-state index in [0.29, 0.717) is 13.2 Å². The molecule has 0 bridgehead atoms. The van der Waals surface area contributed by atoms with Gasteiger partial charge < -0.3 is 9.47 Å². The van der Waals surface area contributed by atoms with Gasteiger partial charge in [0.25, 0.3) is 0 Å².